The van der Waals surface area contributed by atoms with Gasteiger partial charge in [-0.3, -0.25) is 0 Å². The Morgan fingerprint density at radius 3 is 3.00 bits per heavy atom. The van der Waals surface area contributed by atoms with Gasteiger partial charge in [0.15, 0.2) is 0 Å². The van der Waals surface area contributed by atoms with Crippen LogP contribution in [0.1, 0.15) is 20.3 Å². The molecule has 0 N–H and O–H groups in total. The average Bonchev–Trinajstić information content (AvgIpc) is 2.42. The van der Waals surface area contributed by atoms with Crippen molar-refractivity contribution in [3.05, 3.63) is 22.1 Å². The van der Waals surface area contributed by atoms with Crippen LogP contribution in [0.3, 0.4) is 0 Å². The maximum Gasteiger partial charge on any atom is 0.334 e. The molecule has 1 aliphatic heterocycles. The number of nitrogens with zero attached hydrogens (tertiary/aromatic N) is 3. The maximum atomic E-state index is 11.3. The number of carbonyl (C=O) groups is 1. The van der Waals surface area contributed by atoms with Crippen LogP contribution in [0.15, 0.2) is 16.8 Å². The van der Waals surface area contributed by atoms with Crippen LogP contribution >= 0.6 is 0 Å². The number of carbonyl (C=O) groups excluding carboxylic acids is 1. The molecular formula is C9H13N3O2. The molecule has 0 spiro atoms. The van der Waals surface area contributed by atoms with Crippen LogP contribution in [0.2, 0.25) is 0 Å². The summed E-state index contributed by atoms with van der Waals surface area (Å²) in [4.78, 5) is 13.9. The zero-order chi connectivity index (χ0) is 10.6. The van der Waals surface area contributed by atoms with Crippen LogP contribution in [0.5, 0.6) is 0 Å². The van der Waals surface area contributed by atoms with Gasteiger partial charge in [0.1, 0.15) is 6.10 Å². The topological polar surface area (TPSA) is 75.1 Å². The van der Waals surface area contributed by atoms with Crippen molar-refractivity contribution in [2.75, 3.05) is 6.54 Å². The fourth-order valence-electron chi connectivity index (χ4n) is 1.69. The lowest BCUT2D eigenvalue weighted by Crippen LogP contribution is -2.13. The van der Waals surface area contributed by atoms with Crippen molar-refractivity contribution in [1.82, 2.24) is 0 Å². The number of ether oxygens (including phenoxy) is 1. The Morgan fingerprint density at radius 2 is 2.43 bits per heavy atom. The summed E-state index contributed by atoms with van der Waals surface area (Å²) in [5.41, 5.74) is 8.83. The van der Waals surface area contributed by atoms with E-state index < -0.39 is 0 Å². The van der Waals surface area contributed by atoms with Crippen molar-refractivity contribution < 1.29 is 9.53 Å². The van der Waals surface area contributed by atoms with Crippen molar-refractivity contribution >= 4 is 5.97 Å². The molecule has 1 saturated heterocycles. The Labute approximate surface area is 82.4 Å². The van der Waals surface area contributed by atoms with E-state index in [9.17, 15) is 4.79 Å². The van der Waals surface area contributed by atoms with Crippen LogP contribution in [0.25, 0.3) is 10.4 Å². The van der Waals surface area contributed by atoms with Gasteiger partial charge in [-0.25, -0.2) is 4.79 Å². The highest BCUT2D eigenvalue weighted by molar-refractivity contribution is 5.91. The second-order valence-corrected chi connectivity index (χ2v) is 3.20. The predicted molar refractivity (Wildman–Crippen MR) is 51.4 cm³/mol. The summed E-state index contributed by atoms with van der Waals surface area (Å²) in [5.74, 6) is -0.177. The molecule has 1 heterocycles. The summed E-state index contributed by atoms with van der Waals surface area (Å²) >= 11 is 0. The van der Waals surface area contributed by atoms with Crippen LogP contribution < -0.4 is 0 Å². The highest BCUT2D eigenvalue weighted by atomic mass is 16.5. The Morgan fingerprint density at radius 1 is 1.71 bits per heavy atom. The third-order valence-electron chi connectivity index (χ3n) is 2.41. The molecule has 1 rings (SSSR count). The molecule has 0 amide bonds. The Hall–Kier alpha value is -1.48. The minimum absolute atomic E-state index is 0.0676. The van der Waals surface area contributed by atoms with E-state index in [1.54, 1.807) is 6.08 Å². The largest absolute Gasteiger partial charge is 0.459 e. The van der Waals surface area contributed by atoms with Crippen LogP contribution in [0.4, 0.5) is 0 Å². The lowest BCUT2D eigenvalue weighted by atomic mass is 9.93. The molecule has 2 atom stereocenters. The van der Waals surface area contributed by atoms with Crippen molar-refractivity contribution in [2.45, 2.75) is 26.4 Å². The summed E-state index contributed by atoms with van der Waals surface area (Å²) in [5, 5.41) is 3.45. The van der Waals surface area contributed by atoms with Crippen molar-refractivity contribution in [3.8, 4) is 0 Å². The van der Waals surface area contributed by atoms with E-state index in [4.69, 9.17) is 10.3 Å². The first-order valence-electron chi connectivity index (χ1n) is 4.58. The molecule has 1 aliphatic rings. The number of cyclic esters (lactones) is 1. The smallest absolute Gasteiger partial charge is 0.334 e. The molecule has 0 unspecified atom stereocenters. The zero-order valence-corrected chi connectivity index (χ0v) is 8.30. The van der Waals surface area contributed by atoms with Crippen LogP contribution in [-0.4, -0.2) is 18.6 Å². The quantitative estimate of drug-likeness (QED) is 0.227. The average molecular weight is 195 g/mol. The predicted octanol–water partition coefficient (Wildman–Crippen LogP) is 2.19. The van der Waals surface area contributed by atoms with Gasteiger partial charge in [0.25, 0.3) is 0 Å². The van der Waals surface area contributed by atoms with Crippen molar-refractivity contribution in [1.29, 1.82) is 0 Å². The Balaban J connectivity index is 2.65. The van der Waals surface area contributed by atoms with E-state index in [-0.39, 0.29) is 18.0 Å². The van der Waals surface area contributed by atoms with Crippen molar-refractivity contribution in [3.63, 3.8) is 0 Å². The fourth-order valence-corrected chi connectivity index (χ4v) is 1.69. The summed E-state index contributed by atoms with van der Waals surface area (Å²) in [6, 6.07) is 0. The van der Waals surface area contributed by atoms with Gasteiger partial charge >= 0.3 is 5.97 Å². The van der Waals surface area contributed by atoms with E-state index in [1.165, 1.54) is 0 Å². The number of hydrogen-bond donors (Lipinski definition) is 0. The fraction of sp³-hybridized carbons (Fsp3) is 0.667. The molecule has 0 saturated carbocycles. The summed E-state index contributed by atoms with van der Waals surface area (Å²) in [7, 11) is 0. The van der Waals surface area contributed by atoms with E-state index in [2.05, 4.69) is 10.0 Å². The molecule has 1 fully saturated rings. The van der Waals surface area contributed by atoms with E-state index in [0.29, 0.717) is 18.5 Å². The molecule has 0 aliphatic carbocycles. The standard InChI is InChI=1S/C9H13N3O2/c1-3-7-8(4-5-11-12-10)6(2)14-9(7)13/h3,6,8H,4-5H2,1-2H3/b7-3+/t6-,8-/m1/s1. The van der Waals surface area contributed by atoms with Gasteiger partial charge in [-0.2, -0.15) is 0 Å². The number of esters is 1. The first kappa shape index (κ1) is 10.6. The first-order chi connectivity index (χ1) is 6.70. The van der Waals surface area contributed by atoms with Crippen molar-refractivity contribution in [2.24, 2.45) is 11.0 Å². The van der Waals surface area contributed by atoms with Crippen LogP contribution in [-0.2, 0) is 9.53 Å². The van der Waals surface area contributed by atoms with Gasteiger partial charge < -0.3 is 4.74 Å². The second-order valence-electron chi connectivity index (χ2n) is 3.20. The SMILES string of the molecule is C/C=C1/C(=O)O[C@H](C)[C@H]1CCN=[N+]=[N-]. The molecule has 0 aromatic heterocycles. The monoisotopic (exact) mass is 195 g/mol. The molecule has 76 valence electrons. The number of azide groups is 1. The third kappa shape index (κ3) is 2.06. The molecule has 0 bridgehead atoms. The summed E-state index contributed by atoms with van der Waals surface area (Å²) in [6.45, 7) is 4.07. The van der Waals surface area contributed by atoms with Gasteiger partial charge in [-0.15, -0.1) is 0 Å². The second kappa shape index (κ2) is 4.67. The van der Waals surface area contributed by atoms with E-state index in [1.807, 2.05) is 13.8 Å². The van der Waals surface area contributed by atoms with Gasteiger partial charge in [0.05, 0.1) is 0 Å². The highest BCUT2D eigenvalue weighted by Crippen LogP contribution is 2.30. The number of hydrogen-bond acceptors (Lipinski definition) is 3. The summed E-state index contributed by atoms with van der Waals surface area (Å²) in [6.07, 6.45) is 2.33. The van der Waals surface area contributed by atoms with Gasteiger partial charge in [-0.1, -0.05) is 11.2 Å². The molecular weight excluding hydrogens is 182 g/mol. The molecule has 14 heavy (non-hydrogen) atoms. The number of rotatable bonds is 3. The van der Waals surface area contributed by atoms with E-state index >= 15 is 0 Å². The lowest BCUT2D eigenvalue weighted by Gasteiger charge is -2.11. The molecule has 5 nitrogen and oxygen atoms in total. The van der Waals surface area contributed by atoms with Crippen LogP contribution in [0, 0.1) is 5.92 Å². The van der Waals surface area contributed by atoms with Gasteiger partial charge in [-0.05, 0) is 25.8 Å². The zero-order valence-electron chi connectivity index (χ0n) is 8.30. The molecule has 0 aromatic carbocycles. The maximum absolute atomic E-state index is 11.3. The Bertz CT molecular complexity index is 305. The lowest BCUT2D eigenvalue weighted by molar-refractivity contribution is -0.138. The highest BCUT2D eigenvalue weighted by Gasteiger charge is 2.35. The minimum atomic E-state index is -0.245. The first-order valence-corrected chi connectivity index (χ1v) is 4.58. The van der Waals surface area contributed by atoms with E-state index in [0.717, 1.165) is 0 Å². The number of allylic oxidation sites excluding steroid dienone is 1. The van der Waals surface area contributed by atoms with Gasteiger partial charge in [0, 0.05) is 22.9 Å². The summed E-state index contributed by atoms with van der Waals surface area (Å²) < 4.78 is 5.07. The third-order valence-corrected chi connectivity index (χ3v) is 2.41. The molecule has 0 radical (unpaired) electrons. The van der Waals surface area contributed by atoms with Gasteiger partial charge in [0.2, 0.25) is 0 Å². The Kier molecular flexibility index (Phi) is 3.54. The molecule has 5 heteroatoms. The minimum Gasteiger partial charge on any atom is -0.459 e. The normalized spacial score (nSPS) is 28.7. The molecule has 0 aromatic rings.